The van der Waals surface area contributed by atoms with Crippen LogP contribution in [-0.4, -0.2) is 36.6 Å². The maximum Gasteiger partial charge on any atom is 0.0169 e. The normalized spacial score (nSPS) is 34.1. The van der Waals surface area contributed by atoms with Crippen LogP contribution in [0.1, 0.15) is 52.4 Å². The molecule has 2 rings (SSSR count). The van der Waals surface area contributed by atoms with Crippen LogP contribution < -0.4 is 5.32 Å². The Kier molecular flexibility index (Phi) is 4.66. The molecule has 2 aliphatic rings. The van der Waals surface area contributed by atoms with Gasteiger partial charge in [0.2, 0.25) is 0 Å². The Hall–Kier alpha value is -0.0800. The van der Waals surface area contributed by atoms with Crippen molar-refractivity contribution in [1.29, 1.82) is 0 Å². The van der Waals surface area contributed by atoms with Crippen molar-refractivity contribution >= 4 is 0 Å². The lowest BCUT2D eigenvalue weighted by Crippen LogP contribution is -2.44. The summed E-state index contributed by atoms with van der Waals surface area (Å²) in [7, 11) is 0. The quantitative estimate of drug-likeness (QED) is 0.790. The molecule has 1 N–H and O–H groups in total. The van der Waals surface area contributed by atoms with Gasteiger partial charge in [-0.3, -0.25) is 0 Å². The van der Waals surface area contributed by atoms with Crippen LogP contribution in [-0.2, 0) is 0 Å². The smallest absolute Gasteiger partial charge is 0.0169 e. The van der Waals surface area contributed by atoms with Crippen LogP contribution in [0.5, 0.6) is 0 Å². The molecule has 0 radical (unpaired) electrons. The van der Waals surface area contributed by atoms with E-state index >= 15 is 0 Å². The third-order valence-electron chi connectivity index (χ3n) is 4.27. The zero-order valence-corrected chi connectivity index (χ0v) is 11.0. The molecule has 2 heteroatoms. The number of hydrogen-bond donors (Lipinski definition) is 1. The first-order valence-electron chi connectivity index (χ1n) is 7.22. The highest BCUT2D eigenvalue weighted by Crippen LogP contribution is 2.23. The first kappa shape index (κ1) is 12.4. The Morgan fingerprint density at radius 1 is 1.12 bits per heavy atom. The molecule has 1 saturated carbocycles. The number of hydrogen-bond acceptors (Lipinski definition) is 2. The van der Waals surface area contributed by atoms with Crippen LogP contribution in [0.3, 0.4) is 0 Å². The predicted octanol–water partition coefficient (Wildman–Crippen LogP) is 2.64. The Labute approximate surface area is 101 Å². The summed E-state index contributed by atoms with van der Waals surface area (Å²) in [6.07, 6.45) is 8.46. The maximum absolute atomic E-state index is 3.82. The highest BCUT2D eigenvalue weighted by molar-refractivity contribution is 4.80. The highest BCUT2D eigenvalue weighted by Gasteiger charge is 2.21. The van der Waals surface area contributed by atoms with Crippen molar-refractivity contribution in [3.63, 3.8) is 0 Å². The van der Waals surface area contributed by atoms with Gasteiger partial charge in [-0.1, -0.05) is 6.92 Å². The monoisotopic (exact) mass is 224 g/mol. The SMILES string of the molecule is CC1CCC(NC(C)CN2CCCC2)CC1. The van der Waals surface area contributed by atoms with Crippen molar-refractivity contribution in [2.45, 2.75) is 64.5 Å². The molecule has 2 nitrogen and oxygen atoms in total. The molecule has 1 aliphatic heterocycles. The second kappa shape index (κ2) is 6.02. The third-order valence-corrected chi connectivity index (χ3v) is 4.27. The first-order chi connectivity index (χ1) is 7.74. The molecular weight excluding hydrogens is 196 g/mol. The summed E-state index contributed by atoms with van der Waals surface area (Å²) in [5.41, 5.74) is 0. The fourth-order valence-corrected chi connectivity index (χ4v) is 3.23. The van der Waals surface area contributed by atoms with E-state index in [1.165, 1.54) is 58.2 Å². The van der Waals surface area contributed by atoms with Crippen molar-refractivity contribution < 1.29 is 0 Å². The largest absolute Gasteiger partial charge is 0.310 e. The molecule has 1 heterocycles. The van der Waals surface area contributed by atoms with Crippen LogP contribution >= 0.6 is 0 Å². The van der Waals surface area contributed by atoms with Crippen LogP contribution in [0.25, 0.3) is 0 Å². The van der Waals surface area contributed by atoms with Gasteiger partial charge in [-0.2, -0.15) is 0 Å². The third kappa shape index (κ3) is 3.74. The molecule has 0 amide bonds. The number of rotatable bonds is 4. The standard InChI is InChI=1S/C14H28N2/c1-12-5-7-14(8-6-12)15-13(2)11-16-9-3-4-10-16/h12-15H,3-11H2,1-2H3. The summed E-state index contributed by atoms with van der Waals surface area (Å²) >= 11 is 0. The van der Waals surface area contributed by atoms with Gasteiger partial charge in [-0.05, 0) is 64.5 Å². The summed E-state index contributed by atoms with van der Waals surface area (Å²) in [6, 6.07) is 1.48. The molecule has 16 heavy (non-hydrogen) atoms. The summed E-state index contributed by atoms with van der Waals surface area (Å²) in [6.45, 7) is 8.66. The van der Waals surface area contributed by atoms with E-state index in [2.05, 4.69) is 24.1 Å². The van der Waals surface area contributed by atoms with Gasteiger partial charge in [0.15, 0.2) is 0 Å². The van der Waals surface area contributed by atoms with E-state index < -0.39 is 0 Å². The lowest BCUT2D eigenvalue weighted by Gasteiger charge is -2.31. The summed E-state index contributed by atoms with van der Waals surface area (Å²) in [5, 5.41) is 3.82. The lowest BCUT2D eigenvalue weighted by molar-refractivity contribution is 0.249. The highest BCUT2D eigenvalue weighted by atomic mass is 15.2. The second-order valence-electron chi connectivity index (χ2n) is 6.03. The van der Waals surface area contributed by atoms with Crippen LogP contribution in [0.4, 0.5) is 0 Å². The molecule has 0 aromatic carbocycles. The average molecular weight is 224 g/mol. The van der Waals surface area contributed by atoms with Crippen molar-refractivity contribution in [3.05, 3.63) is 0 Å². The van der Waals surface area contributed by atoms with Crippen molar-refractivity contribution in [2.75, 3.05) is 19.6 Å². The molecule has 0 aromatic rings. The molecule has 0 bridgehead atoms. The molecular formula is C14H28N2. The van der Waals surface area contributed by atoms with E-state index in [1.54, 1.807) is 0 Å². The molecule has 1 unspecified atom stereocenters. The average Bonchev–Trinajstić information content (AvgIpc) is 2.74. The Morgan fingerprint density at radius 2 is 1.75 bits per heavy atom. The molecule has 1 saturated heterocycles. The van der Waals surface area contributed by atoms with E-state index in [4.69, 9.17) is 0 Å². The fraction of sp³-hybridized carbons (Fsp3) is 1.00. The van der Waals surface area contributed by atoms with Crippen molar-refractivity contribution in [1.82, 2.24) is 10.2 Å². The van der Waals surface area contributed by atoms with Gasteiger partial charge in [-0.25, -0.2) is 0 Å². The number of likely N-dealkylation sites (tertiary alicyclic amines) is 1. The van der Waals surface area contributed by atoms with Gasteiger partial charge in [-0.15, -0.1) is 0 Å². The molecule has 1 atom stereocenters. The van der Waals surface area contributed by atoms with Crippen molar-refractivity contribution in [2.24, 2.45) is 5.92 Å². The summed E-state index contributed by atoms with van der Waals surface area (Å²) < 4.78 is 0. The minimum Gasteiger partial charge on any atom is -0.310 e. The Balaban J connectivity index is 1.64. The topological polar surface area (TPSA) is 15.3 Å². The van der Waals surface area contributed by atoms with Gasteiger partial charge in [0.05, 0.1) is 0 Å². The van der Waals surface area contributed by atoms with Gasteiger partial charge < -0.3 is 10.2 Å². The van der Waals surface area contributed by atoms with Crippen LogP contribution in [0.15, 0.2) is 0 Å². The van der Waals surface area contributed by atoms with Crippen molar-refractivity contribution in [3.8, 4) is 0 Å². The van der Waals surface area contributed by atoms with Gasteiger partial charge >= 0.3 is 0 Å². The van der Waals surface area contributed by atoms with Gasteiger partial charge in [0, 0.05) is 18.6 Å². The Bertz CT molecular complexity index is 191. The van der Waals surface area contributed by atoms with Gasteiger partial charge in [0.1, 0.15) is 0 Å². The van der Waals surface area contributed by atoms with E-state index in [0.717, 1.165) is 12.0 Å². The molecule has 0 spiro atoms. The number of nitrogens with one attached hydrogen (secondary N) is 1. The predicted molar refractivity (Wildman–Crippen MR) is 69.7 cm³/mol. The van der Waals surface area contributed by atoms with Gasteiger partial charge in [0.25, 0.3) is 0 Å². The molecule has 1 aliphatic carbocycles. The fourth-order valence-electron chi connectivity index (χ4n) is 3.23. The van der Waals surface area contributed by atoms with E-state index in [9.17, 15) is 0 Å². The molecule has 2 fully saturated rings. The summed E-state index contributed by atoms with van der Waals surface area (Å²) in [5.74, 6) is 0.965. The van der Waals surface area contributed by atoms with E-state index in [1.807, 2.05) is 0 Å². The first-order valence-corrected chi connectivity index (χ1v) is 7.22. The second-order valence-corrected chi connectivity index (χ2v) is 6.03. The summed E-state index contributed by atoms with van der Waals surface area (Å²) in [4.78, 5) is 2.61. The van der Waals surface area contributed by atoms with Crippen LogP contribution in [0, 0.1) is 5.92 Å². The minimum absolute atomic E-state index is 0.677. The zero-order chi connectivity index (χ0) is 11.4. The maximum atomic E-state index is 3.82. The number of nitrogens with zero attached hydrogens (tertiary/aromatic N) is 1. The Morgan fingerprint density at radius 3 is 2.38 bits per heavy atom. The van der Waals surface area contributed by atoms with E-state index in [0.29, 0.717) is 6.04 Å². The lowest BCUT2D eigenvalue weighted by atomic mass is 9.87. The minimum atomic E-state index is 0.677. The molecule has 0 aromatic heterocycles. The van der Waals surface area contributed by atoms with E-state index in [-0.39, 0.29) is 0 Å². The molecule has 94 valence electrons. The van der Waals surface area contributed by atoms with Crippen LogP contribution in [0.2, 0.25) is 0 Å². The zero-order valence-electron chi connectivity index (χ0n) is 11.0.